The first-order chi connectivity index (χ1) is 12.5. The minimum Gasteiger partial charge on any atom is -0.378 e. The van der Waals surface area contributed by atoms with Crippen LogP contribution in [0.25, 0.3) is 0 Å². The van der Waals surface area contributed by atoms with Gasteiger partial charge in [-0.1, -0.05) is 25.9 Å². The van der Waals surface area contributed by atoms with E-state index in [1.54, 1.807) is 0 Å². The van der Waals surface area contributed by atoms with Gasteiger partial charge in [0.1, 0.15) is 21.2 Å². The van der Waals surface area contributed by atoms with Crippen molar-refractivity contribution in [3.8, 4) is 0 Å². The van der Waals surface area contributed by atoms with Gasteiger partial charge in [-0.25, -0.2) is 9.57 Å². The molecule has 0 spiro atoms. The van der Waals surface area contributed by atoms with Gasteiger partial charge in [0.25, 0.3) is 0 Å². The van der Waals surface area contributed by atoms with Crippen molar-refractivity contribution in [1.82, 2.24) is 0 Å². The van der Waals surface area contributed by atoms with Gasteiger partial charge in [0.15, 0.2) is 5.71 Å². The Morgan fingerprint density at radius 3 is 2.27 bits per heavy atom. The van der Waals surface area contributed by atoms with Crippen LogP contribution in [0, 0.1) is 0 Å². The van der Waals surface area contributed by atoms with Crippen molar-refractivity contribution in [3.05, 3.63) is 41.6 Å². The molecule has 0 unspecified atom stereocenters. The number of hydrogen-bond donors (Lipinski definition) is 0. The first-order valence-corrected chi connectivity index (χ1v) is 12.3. The van der Waals surface area contributed by atoms with E-state index in [2.05, 4.69) is 87.7 Å². The SMILES string of the molecule is CC[N+](CC)=C1C=CC2=Nc3ccc(N(C)C)cc3[Si](CC)(CC)C2=C1. The molecule has 2 aliphatic rings. The molecule has 0 aromatic heterocycles. The summed E-state index contributed by atoms with van der Waals surface area (Å²) in [5.41, 5.74) is 5.01. The number of benzene rings is 1. The molecule has 3 rings (SSSR count). The van der Waals surface area contributed by atoms with Crippen LogP contribution in [0.1, 0.15) is 27.7 Å². The minimum atomic E-state index is -1.80. The monoisotopic (exact) mass is 366 g/mol. The number of hydrogen-bond acceptors (Lipinski definition) is 2. The van der Waals surface area contributed by atoms with Gasteiger partial charge in [0.05, 0.1) is 11.4 Å². The number of anilines is 1. The predicted octanol–water partition coefficient (Wildman–Crippen LogP) is 4.06. The average molecular weight is 367 g/mol. The van der Waals surface area contributed by atoms with Crippen LogP contribution in [0.15, 0.2) is 46.6 Å². The van der Waals surface area contributed by atoms with Gasteiger partial charge in [-0.2, -0.15) is 0 Å². The van der Waals surface area contributed by atoms with Gasteiger partial charge in [-0.3, -0.25) is 0 Å². The molecule has 0 amide bonds. The highest BCUT2D eigenvalue weighted by molar-refractivity contribution is 7.02. The maximum absolute atomic E-state index is 5.05. The number of rotatable bonds is 5. The Morgan fingerprint density at radius 2 is 1.69 bits per heavy atom. The molecule has 4 heteroatoms. The van der Waals surface area contributed by atoms with E-state index >= 15 is 0 Å². The molecular weight excluding hydrogens is 334 g/mol. The van der Waals surface area contributed by atoms with Crippen molar-refractivity contribution < 1.29 is 4.58 Å². The molecule has 0 N–H and O–H groups in total. The van der Waals surface area contributed by atoms with Gasteiger partial charge in [-0.15, -0.1) is 0 Å². The van der Waals surface area contributed by atoms with E-state index < -0.39 is 8.07 Å². The Hall–Kier alpha value is -1.94. The van der Waals surface area contributed by atoms with Crippen molar-refractivity contribution in [1.29, 1.82) is 0 Å². The summed E-state index contributed by atoms with van der Waals surface area (Å²) >= 11 is 0. The second-order valence-electron chi connectivity index (χ2n) is 7.37. The van der Waals surface area contributed by atoms with E-state index in [1.807, 2.05) is 0 Å². The summed E-state index contributed by atoms with van der Waals surface area (Å²) in [4.78, 5) is 7.25. The molecule has 0 bridgehead atoms. The molecule has 0 fully saturated rings. The predicted molar refractivity (Wildman–Crippen MR) is 118 cm³/mol. The molecule has 26 heavy (non-hydrogen) atoms. The fraction of sp³-hybridized carbons (Fsp3) is 0.455. The summed E-state index contributed by atoms with van der Waals surface area (Å²) in [6.07, 6.45) is 6.95. The third-order valence-electron chi connectivity index (χ3n) is 6.08. The molecule has 1 aromatic carbocycles. The Morgan fingerprint density at radius 1 is 1.00 bits per heavy atom. The van der Waals surface area contributed by atoms with Crippen LogP contribution in [-0.4, -0.2) is 51.3 Å². The standard InChI is InChI=1S/C22H32N3Si/c1-7-25(8-2)18-12-14-20-22(16-18)26(9-3,10-4)21-15-17(24(5)6)11-13-19(21)23-20/h11-16H,7-10H2,1-6H3/q+1. The number of nitrogens with zero attached hydrogens (tertiary/aromatic N) is 3. The highest BCUT2D eigenvalue weighted by Gasteiger charge is 2.43. The van der Waals surface area contributed by atoms with Gasteiger partial charge in [0, 0.05) is 31.9 Å². The second-order valence-corrected chi connectivity index (χ2v) is 12.0. The average Bonchev–Trinajstić information content (AvgIpc) is 2.67. The van der Waals surface area contributed by atoms with Crippen LogP contribution in [-0.2, 0) is 0 Å². The van der Waals surface area contributed by atoms with E-state index in [0.29, 0.717) is 0 Å². The maximum atomic E-state index is 5.05. The van der Waals surface area contributed by atoms with Gasteiger partial charge in [0.2, 0.25) is 0 Å². The van der Waals surface area contributed by atoms with Crippen molar-refractivity contribution in [2.24, 2.45) is 4.99 Å². The number of allylic oxidation sites excluding steroid dienone is 4. The molecule has 1 aliphatic carbocycles. The fourth-order valence-electron chi connectivity index (χ4n) is 4.36. The molecule has 0 saturated carbocycles. The van der Waals surface area contributed by atoms with Crippen LogP contribution in [0.5, 0.6) is 0 Å². The zero-order chi connectivity index (χ0) is 18.9. The zero-order valence-electron chi connectivity index (χ0n) is 17.1. The smallest absolute Gasteiger partial charge is 0.199 e. The third-order valence-corrected chi connectivity index (χ3v) is 11.4. The van der Waals surface area contributed by atoms with Crippen molar-refractivity contribution in [2.45, 2.75) is 39.8 Å². The molecular formula is C22H32N3Si+. The normalized spacial score (nSPS) is 17.2. The van der Waals surface area contributed by atoms with Crippen LogP contribution in [0.2, 0.25) is 12.1 Å². The summed E-state index contributed by atoms with van der Waals surface area (Å²) in [7, 11) is 2.44. The van der Waals surface area contributed by atoms with Gasteiger partial charge >= 0.3 is 0 Å². The van der Waals surface area contributed by atoms with Crippen molar-refractivity contribution in [2.75, 3.05) is 32.1 Å². The van der Waals surface area contributed by atoms with Crippen molar-refractivity contribution >= 4 is 36.1 Å². The van der Waals surface area contributed by atoms with Crippen molar-refractivity contribution in [3.63, 3.8) is 0 Å². The molecule has 0 radical (unpaired) electrons. The summed E-state index contributed by atoms with van der Waals surface area (Å²) in [6.45, 7) is 11.3. The molecule has 1 aromatic rings. The topological polar surface area (TPSA) is 18.6 Å². The Bertz CT molecular complexity index is 818. The first-order valence-electron chi connectivity index (χ1n) is 9.93. The second kappa shape index (κ2) is 7.35. The van der Waals surface area contributed by atoms with E-state index in [9.17, 15) is 0 Å². The summed E-state index contributed by atoms with van der Waals surface area (Å²) in [6, 6.07) is 9.27. The lowest BCUT2D eigenvalue weighted by molar-refractivity contribution is -0.519. The Balaban J connectivity index is 2.26. The molecule has 1 heterocycles. The van der Waals surface area contributed by atoms with Gasteiger partial charge in [-0.05, 0) is 48.5 Å². The lowest BCUT2D eigenvalue weighted by Crippen LogP contribution is -2.53. The zero-order valence-corrected chi connectivity index (χ0v) is 18.1. The third kappa shape index (κ3) is 2.90. The summed E-state index contributed by atoms with van der Waals surface area (Å²) in [5.74, 6) is 0. The Labute approximate surface area is 159 Å². The quantitative estimate of drug-likeness (QED) is 0.437. The van der Waals surface area contributed by atoms with Crippen LogP contribution in [0.4, 0.5) is 11.4 Å². The molecule has 0 saturated heterocycles. The summed E-state index contributed by atoms with van der Waals surface area (Å²) in [5, 5.41) is 3.04. The van der Waals surface area contributed by atoms with Gasteiger partial charge < -0.3 is 4.90 Å². The number of fused-ring (bicyclic) bond motifs is 2. The molecule has 3 nitrogen and oxygen atoms in total. The molecule has 138 valence electrons. The maximum Gasteiger partial charge on any atom is 0.199 e. The Kier molecular flexibility index (Phi) is 5.33. The first kappa shape index (κ1) is 18.8. The highest BCUT2D eigenvalue weighted by Crippen LogP contribution is 2.36. The molecule has 0 atom stereocenters. The van der Waals surface area contributed by atoms with E-state index in [1.165, 1.54) is 45.3 Å². The van der Waals surface area contributed by atoms with E-state index in [4.69, 9.17) is 4.99 Å². The lowest BCUT2D eigenvalue weighted by atomic mass is 10.1. The highest BCUT2D eigenvalue weighted by atomic mass is 28.3. The lowest BCUT2D eigenvalue weighted by Gasteiger charge is -2.38. The largest absolute Gasteiger partial charge is 0.378 e. The van der Waals surface area contributed by atoms with E-state index in [0.717, 1.165) is 13.1 Å². The fourth-order valence-corrected chi connectivity index (χ4v) is 8.78. The van der Waals surface area contributed by atoms with Crippen LogP contribution < -0.4 is 10.1 Å². The molecule has 1 aliphatic heterocycles. The minimum absolute atomic E-state index is 1.04. The van der Waals surface area contributed by atoms with Crippen LogP contribution in [0.3, 0.4) is 0 Å². The van der Waals surface area contributed by atoms with E-state index in [-0.39, 0.29) is 0 Å². The summed E-state index contributed by atoms with van der Waals surface area (Å²) < 4.78 is 2.44. The number of aliphatic imine (C=N–C) groups is 1. The van der Waals surface area contributed by atoms with Crippen LogP contribution >= 0.6 is 0 Å².